The first-order chi connectivity index (χ1) is 5.70. The largest absolute Gasteiger partial charge is 0.304 e. The van der Waals surface area contributed by atoms with Gasteiger partial charge in [0, 0.05) is 37.9 Å². The highest BCUT2D eigenvalue weighted by atomic mass is 35.5. The van der Waals surface area contributed by atoms with Crippen LogP contribution in [0.2, 0.25) is 0 Å². The Hall–Kier alpha value is 0.500. The summed E-state index contributed by atoms with van der Waals surface area (Å²) in [7, 11) is 4.16. The molecular formula is C8H18Cl2N2. The predicted octanol–water partition coefficient (Wildman–Crippen LogP) is 1.33. The molecule has 0 rings (SSSR count). The zero-order chi connectivity index (χ0) is 9.40. The van der Waals surface area contributed by atoms with Gasteiger partial charge in [-0.15, -0.1) is 23.2 Å². The molecule has 0 bridgehead atoms. The van der Waals surface area contributed by atoms with E-state index >= 15 is 0 Å². The minimum atomic E-state index is 0.704. The van der Waals surface area contributed by atoms with Crippen LogP contribution in [-0.2, 0) is 0 Å². The third-order valence-corrected chi connectivity index (χ3v) is 2.13. The van der Waals surface area contributed by atoms with E-state index in [1.165, 1.54) is 0 Å². The topological polar surface area (TPSA) is 6.48 Å². The van der Waals surface area contributed by atoms with E-state index in [1.807, 2.05) is 0 Å². The number of likely N-dealkylation sites (N-methyl/N-ethyl adjacent to an activating group) is 2. The fourth-order valence-electron chi connectivity index (χ4n) is 0.854. The summed E-state index contributed by atoms with van der Waals surface area (Å²) >= 11 is 11.2. The highest BCUT2D eigenvalue weighted by molar-refractivity contribution is 6.18. The lowest BCUT2D eigenvalue weighted by Crippen LogP contribution is -2.32. The molecule has 2 nitrogen and oxygen atoms in total. The van der Waals surface area contributed by atoms with E-state index in [2.05, 4.69) is 23.9 Å². The van der Waals surface area contributed by atoms with Crippen molar-refractivity contribution in [3.63, 3.8) is 0 Å². The van der Waals surface area contributed by atoms with E-state index in [9.17, 15) is 0 Å². The van der Waals surface area contributed by atoms with Gasteiger partial charge in [0.05, 0.1) is 0 Å². The van der Waals surface area contributed by atoms with E-state index in [-0.39, 0.29) is 0 Å². The molecule has 0 spiro atoms. The van der Waals surface area contributed by atoms with Gasteiger partial charge in [0.25, 0.3) is 0 Å². The minimum absolute atomic E-state index is 0.704. The van der Waals surface area contributed by atoms with Crippen molar-refractivity contribution in [1.29, 1.82) is 0 Å². The van der Waals surface area contributed by atoms with Gasteiger partial charge in [-0.1, -0.05) is 0 Å². The van der Waals surface area contributed by atoms with Crippen LogP contribution in [-0.4, -0.2) is 61.8 Å². The molecule has 0 fully saturated rings. The summed E-state index contributed by atoms with van der Waals surface area (Å²) in [6.07, 6.45) is 0. The first-order valence-electron chi connectivity index (χ1n) is 4.19. The molecule has 0 saturated heterocycles. The molecule has 0 radical (unpaired) electrons. The summed E-state index contributed by atoms with van der Waals surface area (Å²) in [4.78, 5) is 4.44. The molecule has 12 heavy (non-hydrogen) atoms. The normalized spacial score (nSPS) is 11.5. The summed E-state index contributed by atoms with van der Waals surface area (Å²) in [6, 6.07) is 0. The summed E-state index contributed by atoms with van der Waals surface area (Å²) < 4.78 is 0. The molecular weight excluding hydrogens is 195 g/mol. The molecule has 0 heterocycles. The number of hydrogen-bond acceptors (Lipinski definition) is 2. The zero-order valence-electron chi connectivity index (χ0n) is 7.89. The first kappa shape index (κ1) is 12.5. The minimum Gasteiger partial charge on any atom is -0.304 e. The van der Waals surface area contributed by atoms with Crippen LogP contribution < -0.4 is 0 Å². The van der Waals surface area contributed by atoms with Gasteiger partial charge >= 0.3 is 0 Å². The maximum absolute atomic E-state index is 5.60. The summed E-state index contributed by atoms with van der Waals surface area (Å²) in [5.74, 6) is 1.41. The van der Waals surface area contributed by atoms with Crippen molar-refractivity contribution in [2.24, 2.45) is 0 Å². The zero-order valence-corrected chi connectivity index (χ0v) is 9.40. The van der Waals surface area contributed by atoms with E-state index in [0.717, 1.165) is 26.2 Å². The Morgan fingerprint density at radius 3 is 1.33 bits per heavy atom. The molecule has 0 amide bonds. The molecule has 0 saturated carbocycles. The molecule has 0 N–H and O–H groups in total. The van der Waals surface area contributed by atoms with Crippen molar-refractivity contribution in [3.8, 4) is 0 Å². The van der Waals surface area contributed by atoms with E-state index in [4.69, 9.17) is 23.2 Å². The number of nitrogens with zero attached hydrogens (tertiary/aromatic N) is 2. The Balaban J connectivity index is 3.27. The Kier molecular flexibility index (Phi) is 8.45. The SMILES string of the molecule is CN(CCCl)CCN(C)CCCl. The molecule has 0 atom stereocenters. The summed E-state index contributed by atoms with van der Waals surface area (Å²) in [5, 5.41) is 0. The fraction of sp³-hybridized carbons (Fsp3) is 1.00. The molecule has 0 aromatic carbocycles. The highest BCUT2D eigenvalue weighted by Gasteiger charge is 2.00. The monoisotopic (exact) mass is 212 g/mol. The summed E-state index contributed by atoms with van der Waals surface area (Å²) in [5.41, 5.74) is 0. The summed E-state index contributed by atoms with van der Waals surface area (Å²) in [6.45, 7) is 4.02. The van der Waals surface area contributed by atoms with Gasteiger partial charge in [0.2, 0.25) is 0 Å². The third-order valence-electron chi connectivity index (χ3n) is 1.80. The molecule has 0 unspecified atom stereocenters. The van der Waals surface area contributed by atoms with Gasteiger partial charge in [-0.3, -0.25) is 0 Å². The van der Waals surface area contributed by atoms with E-state index in [0.29, 0.717) is 11.8 Å². The Bertz CT molecular complexity index is 89.1. The standard InChI is InChI=1S/C8H18Cl2N2/c1-11(5-3-9)7-8-12(2)6-4-10/h3-8H2,1-2H3. The predicted molar refractivity (Wildman–Crippen MR) is 56.4 cm³/mol. The molecule has 4 heteroatoms. The van der Waals surface area contributed by atoms with Gasteiger partial charge in [0.1, 0.15) is 0 Å². The lowest BCUT2D eigenvalue weighted by atomic mass is 10.5. The second-order valence-corrected chi connectivity index (χ2v) is 3.74. The molecule has 0 aromatic heterocycles. The molecule has 0 aliphatic rings. The van der Waals surface area contributed by atoms with Crippen molar-refractivity contribution in [2.75, 3.05) is 52.0 Å². The lowest BCUT2D eigenvalue weighted by Gasteiger charge is -2.20. The number of hydrogen-bond donors (Lipinski definition) is 0. The first-order valence-corrected chi connectivity index (χ1v) is 5.26. The van der Waals surface area contributed by atoms with Crippen LogP contribution in [0, 0.1) is 0 Å². The van der Waals surface area contributed by atoms with Crippen molar-refractivity contribution in [1.82, 2.24) is 9.80 Å². The number of halogens is 2. The van der Waals surface area contributed by atoms with E-state index in [1.54, 1.807) is 0 Å². The Morgan fingerprint density at radius 2 is 1.08 bits per heavy atom. The van der Waals surface area contributed by atoms with Gasteiger partial charge < -0.3 is 9.80 Å². The molecule has 74 valence electrons. The van der Waals surface area contributed by atoms with Crippen LogP contribution in [0.3, 0.4) is 0 Å². The van der Waals surface area contributed by atoms with Crippen molar-refractivity contribution in [2.45, 2.75) is 0 Å². The fourth-order valence-corrected chi connectivity index (χ4v) is 1.43. The van der Waals surface area contributed by atoms with Crippen LogP contribution in [0.1, 0.15) is 0 Å². The lowest BCUT2D eigenvalue weighted by molar-refractivity contribution is 0.273. The molecule has 0 aromatic rings. The number of alkyl halides is 2. The van der Waals surface area contributed by atoms with Gasteiger partial charge in [-0.05, 0) is 14.1 Å². The van der Waals surface area contributed by atoms with Crippen LogP contribution in [0.4, 0.5) is 0 Å². The molecule has 0 aliphatic heterocycles. The van der Waals surface area contributed by atoms with Crippen molar-refractivity contribution in [3.05, 3.63) is 0 Å². The second kappa shape index (κ2) is 8.11. The highest BCUT2D eigenvalue weighted by Crippen LogP contribution is 1.88. The van der Waals surface area contributed by atoms with E-state index < -0.39 is 0 Å². The van der Waals surface area contributed by atoms with Gasteiger partial charge in [0.15, 0.2) is 0 Å². The third kappa shape index (κ3) is 7.17. The second-order valence-electron chi connectivity index (χ2n) is 2.98. The van der Waals surface area contributed by atoms with Crippen LogP contribution >= 0.6 is 23.2 Å². The van der Waals surface area contributed by atoms with Crippen LogP contribution in [0.25, 0.3) is 0 Å². The smallest absolute Gasteiger partial charge is 0.0351 e. The maximum atomic E-state index is 5.60. The average Bonchev–Trinajstić information content (AvgIpc) is 2.02. The van der Waals surface area contributed by atoms with Gasteiger partial charge in [-0.2, -0.15) is 0 Å². The average molecular weight is 213 g/mol. The maximum Gasteiger partial charge on any atom is 0.0351 e. The van der Waals surface area contributed by atoms with Crippen LogP contribution in [0.5, 0.6) is 0 Å². The Labute approximate surface area is 85.4 Å². The molecule has 0 aliphatic carbocycles. The van der Waals surface area contributed by atoms with Crippen molar-refractivity contribution < 1.29 is 0 Å². The van der Waals surface area contributed by atoms with Gasteiger partial charge in [-0.25, -0.2) is 0 Å². The number of rotatable bonds is 7. The quantitative estimate of drug-likeness (QED) is 0.588. The van der Waals surface area contributed by atoms with Crippen molar-refractivity contribution >= 4 is 23.2 Å². The van der Waals surface area contributed by atoms with Crippen LogP contribution in [0.15, 0.2) is 0 Å². The Morgan fingerprint density at radius 1 is 0.750 bits per heavy atom.